The van der Waals surface area contributed by atoms with Gasteiger partial charge in [-0.1, -0.05) is 53.9 Å². The van der Waals surface area contributed by atoms with E-state index in [0.29, 0.717) is 38.8 Å². The maximum Gasteiger partial charge on any atom is 0.331 e. The van der Waals surface area contributed by atoms with Crippen LogP contribution in [-0.2, 0) is 14.4 Å². The summed E-state index contributed by atoms with van der Waals surface area (Å²) in [7, 11) is 0. The third-order valence-corrected chi connectivity index (χ3v) is 13.7. The fraction of sp³-hybridized carbons (Fsp3) is 0.806. The van der Waals surface area contributed by atoms with E-state index in [0.717, 1.165) is 43.3 Å². The molecule has 0 unspecified atom stereocenters. The molecule has 8 nitrogen and oxygen atoms in total. The minimum atomic E-state index is -1.07. The summed E-state index contributed by atoms with van der Waals surface area (Å²) < 4.78 is 0. The van der Waals surface area contributed by atoms with Crippen LogP contribution in [0.15, 0.2) is 22.8 Å². The van der Waals surface area contributed by atoms with Gasteiger partial charge in [0, 0.05) is 52.7 Å². The molecule has 44 heavy (non-hydrogen) atoms. The largest absolute Gasteiger partial charge is 0.478 e. The molecule has 5 aliphatic carbocycles. The van der Waals surface area contributed by atoms with Crippen LogP contribution < -0.4 is 5.32 Å². The summed E-state index contributed by atoms with van der Waals surface area (Å²) in [6, 6.07) is 0. The summed E-state index contributed by atoms with van der Waals surface area (Å²) in [6.45, 7) is 12.8. The van der Waals surface area contributed by atoms with Crippen molar-refractivity contribution in [1.29, 1.82) is 0 Å². The van der Waals surface area contributed by atoms with E-state index in [2.05, 4.69) is 19.2 Å². The number of rotatable bonds is 8. The predicted molar refractivity (Wildman–Crippen MR) is 168 cm³/mol. The minimum Gasteiger partial charge on any atom is -0.478 e. The van der Waals surface area contributed by atoms with E-state index in [4.69, 9.17) is 0 Å². The van der Waals surface area contributed by atoms with Crippen molar-refractivity contribution in [2.24, 2.45) is 45.3 Å². The highest BCUT2D eigenvalue weighted by molar-refractivity contribution is 6.01. The first-order chi connectivity index (χ1) is 20.6. The standard InChI is InChI=1S/C36H55NO7/c1-7-37-19-22(24(38)15-20(2)32(43)44)21(3)23-16-29(42)34(6)30-25(39)17-27-33(4,5)28(41)11-14-35(27)12-9-8-10-13-36(23,34)18-26(40)31(30)35/h15,21-25,27,29,37-39,42H,7-14,16-19H2,1-6H3,(H,43,44)/b20-15+/t21-,22-,23-,24-,25-,27-,29+,34+,35+,36-/m1/s1. The fourth-order valence-corrected chi connectivity index (χ4v) is 11.3. The normalized spacial score (nSPS) is 40.7. The summed E-state index contributed by atoms with van der Waals surface area (Å²) in [5.74, 6) is -1.52. The average molecular weight is 614 g/mol. The number of aliphatic carboxylic acids is 1. The van der Waals surface area contributed by atoms with Gasteiger partial charge in [0.2, 0.25) is 0 Å². The van der Waals surface area contributed by atoms with Crippen molar-refractivity contribution < 1.29 is 34.8 Å². The van der Waals surface area contributed by atoms with Crippen LogP contribution in [0.1, 0.15) is 106 Å². The van der Waals surface area contributed by atoms with E-state index in [1.54, 1.807) is 0 Å². The van der Waals surface area contributed by atoms with Crippen molar-refractivity contribution in [2.45, 2.75) is 124 Å². The van der Waals surface area contributed by atoms with Gasteiger partial charge in [-0.25, -0.2) is 4.79 Å². The number of carboxylic acid groups (broad SMARTS) is 1. The molecule has 0 amide bonds. The Labute approximate surface area is 262 Å². The van der Waals surface area contributed by atoms with Gasteiger partial charge in [0.05, 0.1) is 18.3 Å². The number of Topliss-reactive ketones (excluding diaryl/α,β-unsaturated/α-hetero) is 2. The number of nitrogens with one attached hydrogen (secondary N) is 1. The zero-order valence-corrected chi connectivity index (χ0v) is 27.6. The highest BCUT2D eigenvalue weighted by Crippen LogP contribution is 2.74. The second kappa shape index (κ2) is 11.7. The van der Waals surface area contributed by atoms with E-state index >= 15 is 0 Å². The van der Waals surface area contributed by atoms with Gasteiger partial charge in [0.25, 0.3) is 0 Å². The Kier molecular flexibility index (Phi) is 8.93. The molecular formula is C36H55NO7. The van der Waals surface area contributed by atoms with E-state index in [1.165, 1.54) is 13.0 Å². The lowest BCUT2D eigenvalue weighted by Gasteiger charge is -2.63. The third kappa shape index (κ3) is 4.72. The number of hydrogen-bond acceptors (Lipinski definition) is 7. The molecule has 0 heterocycles. The van der Waals surface area contributed by atoms with Crippen molar-refractivity contribution in [3.63, 3.8) is 0 Å². The molecule has 0 aliphatic heterocycles. The maximum absolute atomic E-state index is 14.8. The van der Waals surface area contributed by atoms with Crippen LogP contribution in [0.4, 0.5) is 0 Å². The van der Waals surface area contributed by atoms with E-state index < -0.39 is 45.9 Å². The van der Waals surface area contributed by atoms with Gasteiger partial charge in [0.15, 0.2) is 5.78 Å². The Morgan fingerprint density at radius 3 is 2.41 bits per heavy atom. The summed E-state index contributed by atoms with van der Waals surface area (Å²) in [6.07, 6.45) is 5.38. The maximum atomic E-state index is 14.8. The molecule has 0 saturated heterocycles. The minimum absolute atomic E-state index is 0.0740. The van der Waals surface area contributed by atoms with Crippen molar-refractivity contribution in [3.05, 3.63) is 22.8 Å². The zero-order chi connectivity index (χ0) is 32.4. The number of carboxylic acids is 1. The van der Waals surface area contributed by atoms with Crippen LogP contribution in [0.2, 0.25) is 0 Å². The first kappa shape index (κ1) is 33.5. The van der Waals surface area contributed by atoms with Gasteiger partial charge < -0.3 is 25.7 Å². The molecule has 0 aromatic heterocycles. The van der Waals surface area contributed by atoms with Gasteiger partial charge in [-0.2, -0.15) is 0 Å². The smallest absolute Gasteiger partial charge is 0.331 e. The SMILES string of the molecule is CCNC[C@H]([C@@H](C)[C@H]1C[C@H](O)[C@@]2(C)C3=C4C(=O)C[C@]12CCCCC[C@@]41CCC(=O)C(C)(C)[C@H]1C[C@H]3O)[C@H](O)/C=C(\C)C(=O)O. The van der Waals surface area contributed by atoms with Gasteiger partial charge in [0.1, 0.15) is 5.78 Å². The van der Waals surface area contributed by atoms with E-state index in [1.807, 2.05) is 20.8 Å². The van der Waals surface area contributed by atoms with Crippen molar-refractivity contribution in [3.8, 4) is 0 Å². The molecule has 0 radical (unpaired) electrons. The molecule has 3 saturated carbocycles. The Morgan fingerprint density at radius 2 is 1.75 bits per heavy atom. The number of ketones is 2. The quantitative estimate of drug-likeness (QED) is 0.250. The van der Waals surface area contributed by atoms with Crippen LogP contribution in [0.3, 0.4) is 0 Å². The van der Waals surface area contributed by atoms with Crippen LogP contribution in [-0.4, -0.2) is 69.4 Å². The van der Waals surface area contributed by atoms with E-state index in [-0.39, 0.29) is 47.2 Å². The molecule has 2 bridgehead atoms. The van der Waals surface area contributed by atoms with Gasteiger partial charge in [-0.05, 0) is 80.4 Å². The monoisotopic (exact) mass is 613 g/mol. The number of aliphatic hydroxyl groups excluding tert-OH is 3. The average Bonchev–Trinajstić information content (AvgIpc) is 3.18. The number of carbonyl (C=O) groups is 3. The molecule has 5 aliphatic rings. The van der Waals surface area contributed by atoms with Crippen LogP contribution in [0, 0.1) is 45.3 Å². The number of aliphatic hydroxyl groups is 3. The fourth-order valence-electron chi connectivity index (χ4n) is 11.3. The summed E-state index contributed by atoms with van der Waals surface area (Å²) >= 11 is 0. The summed E-state index contributed by atoms with van der Waals surface area (Å²) in [4.78, 5) is 39.6. The first-order valence-corrected chi connectivity index (χ1v) is 17.1. The Balaban J connectivity index is 1.67. The third-order valence-electron chi connectivity index (χ3n) is 13.7. The van der Waals surface area contributed by atoms with Crippen molar-refractivity contribution in [1.82, 2.24) is 5.32 Å². The van der Waals surface area contributed by atoms with Gasteiger partial charge >= 0.3 is 5.97 Å². The lowest BCUT2D eigenvalue weighted by atomic mass is 9.40. The molecule has 0 aromatic rings. The zero-order valence-electron chi connectivity index (χ0n) is 27.6. The highest BCUT2D eigenvalue weighted by Gasteiger charge is 2.72. The highest BCUT2D eigenvalue weighted by atomic mass is 16.4. The molecule has 246 valence electrons. The lowest BCUT2D eigenvalue weighted by Crippen LogP contribution is -2.62. The molecular weight excluding hydrogens is 558 g/mol. The van der Waals surface area contributed by atoms with Gasteiger partial charge in [-0.15, -0.1) is 0 Å². The molecule has 5 N–H and O–H groups in total. The van der Waals surface area contributed by atoms with Gasteiger partial charge in [-0.3, -0.25) is 9.59 Å². The topological polar surface area (TPSA) is 144 Å². The molecule has 8 heteroatoms. The Bertz CT molecular complexity index is 1250. The second-order valence-corrected chi connectivity index (χ2v) is 15.7. The number of allylic oxidation sites excluding steroid dienone is 1. The Morgan fingerprint density at radius 1 is 1.07 bits per heavy atom. The first-order valence-electron chi connectivity index (χ1n) is 17.1. The second-order valence-electron chi connectivity index (χ2n) is 15.7. The van der Waals surface area contributed by atoms with Crippen molar-refractivity contribution in [2.75, 3.05) is 13.1 Å². The van der Waals surface area contributed by atoms with E-state index in [9.17, 15) is 34.8 Å². The van der Waals surface area contributed by atoms with Crippen LogP contribution in [0.25, 0.3) is 0 Å². The number of hydrogen-bond donors (Lipinski definition) is 5. The summed E-state index contributed by atoms with van der Waals surface area (Å²) in [5.41, 5.74) is -0.980. The predicted octanol–water partition coefficient (Wildman–Crippen LogP) is 4.60. The Hall–Kier alpha value is -1.87. The van der Waals surface area contributed by atoms with Crippen LogP contribution in [0.5, 0.6) is 0 Å². The lowest BCUT2D eigenvalue weighted by molar-refractivity contribution is -0.150. The molecule has 0 aromatic carbocycles. The molecule has 2 spiro atoms. The van der Waals surface area contributed by atoms with Crippen LogP contribution >= 0.6 is 0 Å². The molecule has 10 atom stereocenters. The number of carbonyl (C=O) groups excluding carboxylic acids is 2. The molecule has 5 rings (SSSR count). The summed E-state index contributed by atoms with van der Waals surface area (Å²) in [5, 5.41) is 48.5. The number of fused-ring (bicyclic) bond motifs is 2. The van der Waals surface area contributed by atoms with Crippen molar-refractivity contribution >= 4 is 17.5 Å². The molecule has 3 fully saturated rings.